The number of oxime groups is 1. The fourth-order valence-electron chi connectivity index (χ4n) is 2.45. The average Bonchev–Trinajstić information content (AvgIpc) is 2.41. The van der Waals surface area contributed by atoms with E-state index in [0.717, 1.165) is 32.4 Å². The van der Waals surface area contributed by atoms with E-state index in [2.05, 4.69) is 31.2 Å². The third kappa shape index (κ3) is 9.72. The Balaban J connectivity index is 3.72. The second-order valence-electron chi connectivity index (χ2n) is 7.62. The molecule has 0 fully saturated rings. The number of unbranched alkanes of at least 4 members (excludes halogenated alkanes) is 3. The van der Waals surface area contributed by atoms with Crippen LogP contribution in [0.2, 0.25) is 0 Å². The van der Waals surface area contributed by atoms with Gasteiger partial charge < -0.3 is 16.3 Å². The predicted molar refractivity (Wildman–Crippen MR) is 91.8 cm³/mol. The molecule has 0 aliphatic rings. The van der Waals surface area contributed by atoms with Crippen LogP contribution >= 0.6 is 0 Å². The number of nitrogens with zero attached hydrogens (tertiary/aromatic N) is 1. The smallest absolute Gasteiger partial charge is 0.144 e. The van der Waals surface area contributed by atoms with Gasteiger partial charge in [-0.1, -0.05) is 65.5 Å². The SMILES string of the molecule is CCCCCC(C)(C)CNCCCCC(C)(C)C(N)=NO. The van der Waals surface area contributed by atoms with Gasteiger partial charge in [0, 0.05) is 12.0 Å². The number of amidine groups is 1. The number of hydrogen-bond acceptors (Lipinski definition) is 3. The van der Waals surface area contributed by atoms with Crippen LogP contribution in [0.4, 0.5) is 0 Å². The topological polar surface area (TPSA) is 70.6 Å². The molecule has 0 atom stereocenters. The number of nitrogens with one attached hydrogen (secondary N) is 1. The molecule has 0 aromatic heterocycles. The van der Waals surface area contributed by atoms with Crippen molar-refractivity contribution < 1.29 is 5.21 Å². The van der Waals surface area contributed by atoms with Crippen molar-refractivity contribution in [3.63, 3.8) is 0 Å². The van der Waals surface area contributed by atoms with Crippen molar-refractivity contribution in [1.82, 2.24) is 5.32 Å². The van der Waals surface area contributed by atoms with Crippen LogP contribution in [-0.4, -0.2) is 24.1 Å². The predicted octanol–water partition coefficient (Wildman–Crippen LogP) is 4.13. The standard InChI is InChI=1S/C17H37N3O/c1-6-7-8-11-16(2,3)14-19-13-10-9-12-17(4,5)15(18)20-21/h19,21H,6-14H2,1-5H3,(H2,18,20). The maximum Gasteiger partial charge on any atom is 0.144 e. The fraction of sp³-hybridized carbons (Fsp3) is 0.941. The van der Waals surface area contributed by atoms with Crippen molar-refractivity contribution in [2.75, 3.05) is 13.1 Å². The fourth-order valence-corrected chi connectivity index (χ4v) is 2.45. The molecule has 126 valence electrons. The first-order valence-electron chi connectivity index (χ1n) is 8.44. The van der Waals surface area contributed by atoms with Gasteiger partial charge in [0.15, 0.2) is 0 Å². The maximum absolute atomic E-state index is 8.74. The summed E-state index contributed by atoms with van der Waals surface area (Å²) in [6.45, 7) is 13.1. The zero-order chi connectivity index (χ0) is 16.4. The van der Waals surface area contributed by atoms with E-state index < -0.39 is 0 Å². The molecule has 0 rings (SSSR count). The molecule has 0 aliphatic carbocycles. The van der Waals surface area contributed by atoms with Crippen LogP contribution in [0.5, 0.6) is 0 Å². The van der Waals surface area contributed by atoms with E-state index in [0.29, 0.717) is 11.3 Å². The second-order valence-corrected chi connectivity index (χ2v) is 7.62. The zero-order valence-electron chi connectivity index (χ0n) is 14.8. The molecule has 0 unspecified atom stereocenters. The van der Waals surface area contributed by atoms with Crippen LogP contribution in [0, 0.1) is 10.8 Å². The molecule has 4 N–H and O–H groups in total. The summed E-state index contributed by atoms with van der Waals surface area (Å²) in [5.74, 6) is 0.326. The molecule has 0 aromatic carbocycles. The highest BCUT2D eigenvalue weighted by atomic mass is 16.4. The Hall–Kier alpha value is -0.770. The summed E-state index contributed by atoms with van der Waals surface area (Å²) in [5, 5.41) is 15.4. The molecular weight excluding hydrogens is 262 g/mol. The Morgan fingerprint density at radius 2 is 1.67 bits per heavy atom. The molecule has 0 heterocycles. The van der Waals surface area contributed by atoms with Gasteiger partial charge in [-0.05, 0) is 31.2 Å². The summed E-state index contributed by atoms with van der Waals surface area (Å²) < 4.78 is 0. The third-order valence-electron chi connectivity index (χ3n) is 4.27. The summed E-state index contributed by atoms with van der Waals surface area (Å²) in [4.78, 5) is 0. The highest BCUT2D eigenvalue weighted by Gasteiger charge is 2.22. The Labute approximate surface area is 131 Å². The first-order chi connectivity index (χ1) is 9.75. The van der Waals surface area contributed by atoms with Crippen molar-refractivity contribution in [2.45, 2.75) is 79.6 Å². The minimum Gasteiger partial charge on any atom is -0.409 e. The van der Waals surface area contributed by atoms with Crippen molar-refractivity contribution >= 4 is 5.84 Å². The quantitative estimate of drug-likeness (QED) is 0.167. The van der Waals surface area contributed by atoms with Crippen LogP contribution in [0.25, 0.3) is 0 Å². The van der Waals surface area contributed by atoms with E-state index in [9.17, 15) is 0 Å². The lowest BCUT2D eigenvalue weighted by Gasteiger charge is -2.25. The Bertz CT molecular complexity index is 298. The molecule has 4 heteroatoms. The van der Waals surface area contributed by atoms with Crippen molar-refractivity contribution in [3.8, 4) is 0 Å². The second kappa shape index (κ2) is 10.0. The lowest BCUT2D eigenvalue weighted by Crippen LogP contribution is -2.32. The Morgan fingerprint density at radius 1 is 1.05 bits per heavy atom. The van der Waals surface area contributed by atoms with Crippen LogP contribution in [0.3, 0.4) is 0 Å². The third-order valence-corrected chi connectivity index (χ3v) is 4.27. The highest BCUT2D eigenvalue weighted by Crippen LogP contribution is 2.24. The van der Waals surface area contributed by atoms with Gasteiger partial charge in [-0.25, -0.2) is 0 Å². The van der Waals surface area contributed by atoms with E-state index in [4.69, 9.17) is 10.9 Å². The van der Waals surface area contributed by atoms with Gasteiger partial charge in [-0.3, -0.25) is 0 Å². The Morgan fingerprint density at radius 3 is 2.24 bits per heavy atom. The summed E-state index contributed by atoms with van der Waals surface area (Å²) in [6.07, 6.45) is 8.43. The summed E-state index contributed by atoms with van der Waals surface area (Å²) >= 11 is 0. The summed E-state index contributed by atoms with van der Waals surface area (Å²) in [7, 11) is 0. The summed E-state index contributed by atoms with van der Waals surface area (Å²) in [5.41, 5.74) is 5.87. The highest BCUT2D eigenvalue weighted by molar-refractivity contribution is 5.85. The van der Waals surface area contributed by atoms with Crippen LogP contribution in [0.1, 0.15) is 79.6 Å². The number of rotatable bonds is 12. The van der Waals surface area contributed by atoms with Crippen molar-refractivity contribution in [2.24, 2.45) is 21.7 Å². The lowest BCUT2D eigenvalue weighted by atomic mass is 9.85. The van der Waals surface area contributed by atoms with Crippen molar-refractivity contribution in [1.29, 1.82) is 0 Å². The van der Waals surface area contributed by atoms with Crippen molar-refractivity contribution in [3.05, 3.63) is 0 Å². The largest absolute Gasteiger partial charge is 0.409 e. The lowest BCUT2D eigenvalue weighted by molar-refractivity contribution is 0.297. The monoisotopic (exact) mass is 299 g/mol. The normalized spacial score (nSPS) is 13.7. The van der Waals surface area contributed by atoms with E-state index >= 15 is 0 Å². The van der Waals surface area contributed by atoms with Crippen LogP contribution in [-0.2, 0) is 0 Å². The molecule has 4 nitrogen and oxygen atoms in total. The van der Waals surface area contributed by atoms with E-state index in [1.54, 1.807) is 0 Å². The molecular formula is C17H37N3O. The maximum atomic E-state index is 8.74. The molecule has 0 aromatic rings. The first kappa shape index (κ1) is 20.2. The van der Waals surface area contributed by atoms with Gasteiger partial charge >= 0.3 is 0 Å². The van der Waals surface area contributed by atoms with E-state index in [-0.39, 0.29) is 5.41 Å². The minimum absolute atomic E-state index is 0.214. The van der Waals surface area contributed by atoms with Gasteiger partial charge in [0.05, 0.1) is 0 Å². The van der Waals surface area contributed by atoms with Gasteiger partial charge in [0.25, 0.3) is 0 Å². The Kier molecular flexibility index (Phi) is 9.67. The van der Waals surface area contributed by atoms with Gasteiger partial charge in [-0.2, -0.15) is 0 Å². The molecule has 0 spiro atoms. The first-order valence-corrected chi connectivity index (χ1v) is 8.44. The molecule has 0 amide bonds. The van der Waals surface area contributed by atoms with Gasteiger partial charge in [0.1, 0.15) is 5.84 Å². The van der Waals surface area contributed by atoms with E-state index in [1.807, 2.05) is 13.8 Å². The molecule has 0 bridgehead atoms. The van der Waals surface area contributed by atoms with Gasteiger partial charge in [0.2, 0.25) is 0 Å². The minimum atomic E-state index is -0.214. The molecule has 0 radical (unpaired) electrons. The van der Waals surface area contributed by atoms with Gasteiger partial charge in [-0.15, -0.1) is 0 Å². The van der Waals surface area contributed by atoms with E-state index in [1.165, 1.54) is 25.7 Å². The zero-order valence-corrected chi connectivity index (χ0v) is 14.8. The van der Waals surface area contributed by atoms with Crippen LogP contribution < -0.4 is 11.1 Å². The summed E-state index contributed by atoms with van der Waals surface area (Å²) in [6, 6.07) is 0. The molecule has 0 aliphatic heterocycles. The molecule has 0 saturated heterocycles. The molecule has 0 saturated carbocycles. The average molecular weight is 300 g/mol. The number of nitrogens with two attached hydrogens (primary N) is 1. The van der Waals surface area contributed by atoms with Crippen LogP contribution in [0.15, 0.2) is 5.16 Å². The molecule has 21 heavy (non-hydrogen) atoms. The number of hydrogen-bond donors (Lipinski definition) is 3.